The summed E-state index contributed by atoms with van der Waals surface area (Å²) < 4.78 is 0. The number of hydrogen-bond acceptors (Lipinski definition) is 2. The minimum Gasteiger partial charge on any atom is -0.192 e. The third-order valence-corrected chi connectivity index (χ3v) is 3.57. The second kappa shape index (κ2) is 5.95. The lowest BCUT2D eigenvalue weighted by molar-refractivity contribution is 1.48. The van der Waals surface area contributed by atoms with Crippen LogP contribution in [0.4, 0.5) is 0 Å². The van der Waals surface area contributed by atoms with Crippen LogP contribution in [0.1, 0.15) is 22.3 Å². The van der Waals surface area contributed by atoms with Crippen LogP contribution < -0.4 is 0 Å². The van der Waals surface area contributed by atoms with Crippen molar-refractivity contribution in [2.75, 3.05) is 0 Å². The summed E-state index contributed by atoms with van der Waals surface area (Å²) in [6, 6.07) is 23.5. The van der Waals surface area contributed by atoms with E-state index in [0.29, 0.717) is 11.1 Å². The van der Waals surface area contributed by atoms with Crippen LogP contribution in [-0.2, 0) is 0 Å². The zero-order valence-electron chi connectivity index (χ0n) is 11.8. The highest BCUT2D eigenvalue weighted by Gasteiger charge is 2.02. The van der Waals surface area contributed by atoms with Crippen LogP contribution in [0, 0.1) is 22.7 Å². The van der Waals surface area contributed by atoms with E-state index < -0.39 is 0 Å². The van der Waals surface area contributed by atoms with Crippen molar-refractivity contribution in [1.29, 1.82) is 10.5 Å². The van der Waals surface area contributed by atoms with Gasteiger partial charge in [0.05, 0.1) is 23.3 Å². The summed E-state index contributed by atoms with van der Waals surface area (Å²) >= 11 is 0. The van der Waals surface area contributed by atoms with Gasteiger partial charge in [-0.25, -0.2) is 0 Å². The van der Waals surface area contributed by atoms with E-state index >= 15 is 0 Å². The lowest BCUT2D eigenvalue weighted by atomic mass is 9.99. The van der Waals surface area contributed by atoms with Gasteiger partial charge in [0.1, 0.15) is 0 Å². The molecular weight excluding hydrogens is 268 g/mol. The Morgan fingerprint density at radius 1 is 0.682 bits per heavy atom. The maximum absolute atomic E-state index is 9.19. The van der Waals surface area contributed by atoms with E-state index in [1.165, 1.54) is 0 Å². The molecule has 0 aliphatic rings. The van der Waals surface area contributed by atoms with Crippen LogP contribution in [0.15, 0.2) is 60.7 Å². The smallest absolute Gasteiger partial charge is 0.0998 e. The van der Waals surface area contributed by atoms with Crippen LogP contribution in [0.3, 0.4) is 0 Å². The molecular formula is C20H12N2. The standard InChI is InChI=1S/C20H12N2/c21-13-16-7-5-15(6-8-16)9-10-17-11-12-18(14-22)20-4-2-1-3-19(17)20/h1-12H/b10-9+. The van der Waals surface area contributed by atoms with Gasteiger partial charge in [-0.05, 0) is 34.7 Å². The Balaban J connectivity index is 2.02. The molecule has 3 aromatic rings. The topological polar surface area (TPSA) is 47.6 Å². The molecule has 0 aliphatic carbocycles. The fourth-order valence-corrected chi connectivity index (χ4v) is 2.42. The van der Waals surface area contributed by atoms with Crippen LogP contribution >= 0.6 is 0 Å². The van der Waals surface area contributed by atoms with Crippen molar-refractivity contribution in [3.63, 3.8) is 0 Å². The Kier molecular flexibility index (Phi) is 3.69. The number of nitrogens with zero attached hydrogens (tertiary/aromatic N) is 2. The maximum Gasteiger partial charge on any atom is 0.0998 e. The predicted octanol–water partition coefficient (Wildman–Crippen LogP) is 4.75. The van der Waals surface area contributed by atoms with Gasteiger partial charge >= 0.3 is 0 Å². The molecule has 102 valence electrons. The molecule has 0 unspecified atom stereocenters. The Bertz CT molecular complexity index is 936. The van der Waals surface area contributed by atoms with Crippen LogP contribution in [0.2, 0.25) is 0 Å². The molecule has 0 aliphatic heterocycles. The first kappa shape index (κ1) is 13.6. The summed E-state index contributed by atoms with van der Waals surface area (Å²) in [5.41, 5.74) is 3.44. The van der Waals surface area contributed by atoms with Gasteiger partial charge in [-0.15, -0.1) is 0 Å². The fourth-order valence-electron chi connectivity index (χ4n) is 2.42. The molecule has 0 radical (unpaired) electrons. The van der Waals surface area contributed by atoms with Gasteiger partial charge in [0, 0.05) is 5.39 Å². The van der Waals surface area contributed by atoms with E-state index in [2.05, 4.69) is 12.1 Å². The highest BCUT2D eigenvalue weighted by Crippen LogP contribution is 2.24. The summed E-state index contributed by atoms with van der Waals surface area (Å²) in [7, 11) is 0. The Hall–Kier alpha value is -3.36. The number of fused-ring (bicyclic) bond motifs is 1. The Morgan fingerprint density at radius 3 is 2.09 bits per heavy atom. The van der Waals surface area contributed by atoms with Crippen molar-refractivity contribution in [2.45, 2.75) is 0 Å². The largest absolute Gasteiger partial charge is 0.192 e. The van der Waals surface area contributed by atoms with E-state index in [0.717, 1.165) is 21.9 Å². The average molecular weight is 280 g/mol. The quantitative estimate of drug-likeness (QED) is 0.636. The van der Waals surface area contributed by atoms with Gasteiger partial charge < -0.3 is 0 Å². The molecule has 2 heteroatoms. The van der Waals surface area contributed by atoms with E-state index in [4.69, 9.17) is 5.26 Å². The van der Waals surface area contributed by atoms with Gasteiger partial charge in [-0.2, -0.15) is 10.5 Å². The molecule has 0 N–H and O–H groups in total. The van der Waals surface area contributed by atoms with Crippen LogP contribution in [0.5, 0.6) is 0 Å². The molecule has 0 heterocycles. The SMILES string of the molecule is N#Cc1ccc(/C=C/c2ccc(C#N)c3ccccc23)cc1. The molecule has 2 nitrogen and oxygen atoms in total. The Morgan fingerprint density at radius 2 is 1.41 bits per heavy atom. The lowest BCUT2D eigenvalue weighted by Crippen LogP contribution is -1.83. The Labute approximate surface area is 129 Å². The van der Waals surface area contributed by atoms with E-state index in [-0.39, 0.29) is 0 Å². The number of rotatable bonds is 2. The third kappa shape index (κ3) is 2.59. The first-order chi connectivity index (χ1) is 10.8. The van der Waals surface area contributed by atoms with Crippen molar-refractivity contribution >= 4 is 22.9 Å². The normalized spacial score (nSPS) is 10.5. The summed E-state index contributed by atoms with van der Waals surface area (Å²) in [5, 5.41) is 20.0. The van der Waals surface area contributed by atoms with Gasteiger partial charge in [-0.1, -0.05) is 54.6 Å². The molecule has 0 saturated carbocycles. The predicted molar refractivity (Wildman–Crippen MR) is 88.7 cm³/mol. The molecule has 0 amide bonds. The molecule has 3 aromatic carbocycles. The van der Waals surface area contributed by atoms with Gasteiger partial charge in [-0.3, -0.25) is 0 Å². The third-order valence-electron chi connectivity index (χ3n) is 3.57. The minimum atomic E-state index is 0.654. The zero-order valence-corrected chi connectivity index (χ0v) is 11.8. The molecule has 0 fully saturated rings. The van der Waals surface area contributed by atoms with Crippen LogP contribution in [-0.4, -0.2) is 0 Å². The van der Waals surface area contributed by atoms with Crippen molar-refractivity contribution in [2.24, 2.45) is 0 Å². The van der Waals surface area contributed by atoms with Crippen molar-refractivity contribution < 1.29 is 0 Å². The lowest BCUT2D eigenvalue weighted by Gasteiger charge is -2.04. The molecule has 0 bridgehead atoms. The number of nitriles is 2. The molecule has 0 aromatic heterocycles. The summed E-state index contributed by atoms with van der Waals surface area (Å²) in [6.07, 6.45) is 4.04. The second-order valence-electron chi connectivity index (χ2n) is 4.93. The summed E-state index contributed by atoms with van der Waals surface area (Å²) in [6.45, 7) is 0. The zero-order chi connectivity index (χ0) is 15.4. The minimum absolute atomic E-state index is 0.654. The summed E-state index contributed by atoms with van der Waals surface area (Å²) in [4.78, 5) is 0. The molecule has 0 atom stereocenters. The molecule has 0 saturated heterocycles. The van der Waals surface area contributed by atoms with Gasteiger partial charge in [0.2, 0.25) is 0 Å². The van der Waals surface area contributed by atoms with Crippen molar-refractivity contribution in [1.82, 2.24) is 0 Å². The van der Waals surface area contributed by atoms with E-state index in [1.54, 1.807) is 12.1 Å². The number of hydrogen-bond donors (Lipinski definition) is 0. The summed E-state index contributed by atoms with van der Waals surface area (Å²) in [5.74, 6) is 0. The van der Waals surface area contributed by atoms with Gasteiger partial charge in [0.15, 0.2) is 0 Å². The van der Waals surface area contributed by atoms with E-state index in [9.17, 15) is 5.26 Å². The maximum atomic E-state index is 9.19. The first-order valence-electron chi connectivity index (χ1n) is 6.92. The van der Waals surface area contributed by atoms with Crippen molar-refractivity contribution in [3.05, 3.63) is 82.9 Å². The first-order valence-corrected chi connectivity index (χ1v) is 6.92. The molecule has 0 spiro atoms. The fraction of sp³-hybridized carbons (Fsp3) is 0. The highest BCUT2D eigenvalue weighted by molar-refractivity contribution is 5.96. The van der Waals surface area contributed by atoms with Gasteiger partial charge in [0.25, 0.3) is 0 Å². The second-order valence-corrected chi connectivity index (χ2v) is 4.93. The van der Waals surface area contributed by atoms with E-state index in [1.807, 2.05) is 60.7 Å². The van der Waals surface area contributed by atoms with Crippen molar-refractivity contribution in [3.8, 4) is 12.1 Å². The van der Waals surface area contributed by atoms with Crippen LogP contribution in [0.25, 0.3) is 22.9 Å². The average Bonchev–Trinajstić information content (AvgIpc) is 2.60. The number of benzene rings is 3. The molecule has 22 heavy (non-hydrogen) atoms. The highest BCUT2D eigenvalue weighted by atomic mass is 14.2. The monoisotopic (exact) mass is 280 g/mol. The molecule has 3 rings (SSSR count).